The second-order valence-electron chi connectivity index (χ2n) is 23.5. The van der Waals surface area contributed by atoms with Crippen LogP contribution in [0.5, 0.6) is 0 Å². The molecule has 0 atom stereocenters. The minimum Gasteiger partial charge on any atom is -0.309 e. The number of aromatic nitrogens is 2. The maximum atomic E-state index is 2.52. The first-order valence-electron chi connectivity index (χ1n) is 28.8. The van der Waals surface area contributed by atoms with Crippen LogP contribution in [0.3, 0.4) is 0 Å². The summed E-state index contributed by atoms with van der Waals surface area (Å²) in [6.07, 6.45) is 0. The van der Waals surface area contributed by atoms with Crippen LogP contribution in [0.25, 0.3) is 121 Å². The molecule has 13 aromatic carbocycles. The van der Waals surface area contributed by atoms with Crippen LogP contribution in [-0.4, -0.2) is 15.8 Å². The highest BCUT2D eigenvalue weighted by Crippen LogP contribution is 2.48. The van der Waals surface area contributed by atoms with E-state index in [-0.39, 0.29) is 12.1 Å². The van der Waals surface area contributed by atoms with Crippen molar-refractivity contribution >= 4 is 112 Å². The van der Waals surface area contributed by atoms with E-state index >= 15 is 0 Å². The van der Waals surface area contributed by atoms with E-state index in [2.05, 4.69) is 297 Å². The molecule has 0 amide bonds. The highest BCUT2D eigenvalue weighted by Gasteiger charge is 2.39. The third kappa shape index (κ3) is 7.61. The van der Waals surface area contributed by atoms with Gasteiger partial charge in [-0.25, -0.2) is 0 Å². The zero-order chi connectivity index (χ0) is 55.1. The molecule has 0 unspecified atom stereocenters. The lowest BCUT2D eigenvalue weighted by Crippen LogP contribution is -2.58. The molecule has 4 heterocycles. The first kappa shape index (κ1) is 48.5. The van der Waals surface area contributed by atoms with Crippen LogP contribution >= 0.6 is 23.5 Å². The van der Waals surface area contributed by atoms with Gasteiger partial charge in [-0.2, -0.15) is 0 Å². The lowest BCUT2D eigenvalue weighted by atomic mass is 9.36. The Morgan fingerprint density at radius 1 is 0.289 bits per heavy atom. The summed E-state index contributed by atoms with van der Waals surface area (Å²) in [6, 6.07) is 101. The molecule has 0 radical (unpaired) electrons. The average molecular weight is 1090 g/mol. The van der Waals surface area contributed by atoms with Gasteiger partial charge >= 0.3 is 0 Å². The van der Waals surface area contributed by atoms with Crippen molar-refractivity contribution in [1.29, 1.82) is 0 Å². The van der Waals surface area contributed by atoms with Gasteiger partial charge in [-0.1, -0.05) is 243 Å². The molecule has 0 aliphatic carbocycles. The number of benzene rings is 13. The Balaban J connectivity index is 0.906. The Kier molecular flexibility index (Phi) is 10.9. The molecule has 2 aromatic heterocycles. The van der Waals surface area contributed by atoms with Gasteiger partial charge in [0.05, 0.1) is 22.1 Å². The molecule has 0 fully saturated rings. The Hall–Kier alpha value is -9.26. The Morgan fingerprint density at radius 2 is 0.663 bits per heavy atom. The smallest absolute Gasteiger partial charge is 0.247 e. The molecule has 390 valence electrons. The predicted molar refractivity (Wildman–Crippen MR) is 356 cm³/mol. The Labute approximate surface area is 491 Å². The molecule has 83 heavy (non-hydrogen) atoms. The minimum absolute atomic E-state index is 0.0162. The third-order valence-corrected chi connectivity index (χ3v) is 20.0. The zero-order valence-corrected chi connectivity index (χ0v) is 47.8. The first-order valence-corrected chi connectivity index (χ1v) is 30.5. The average Bonchev–Trinajstić information content (AvgIpc) is 2.60. The number of nitrogens with zero attached hydrogens (tertiary/aromatic N) is 2. The fraction of sp³-hybridized carbons (Fsp3) is 0.0513. The number of para-hydroxylation sites is 4. The minimum atomic E-state index is -0.0162. The van der Waals surface area contributed by atoms with Crippen molar-refractivity contribution in [3.63, 3.8) is 0 Å². The van der Waals surface area contributed by atoms with Gasteiger partial charge in [0.1, 0.15) is 0 Å². The van der Waals surface area contributed by atoms with E-state index in [1.165, 1.54) is 163 Å². The van der Waals surface area contributed by atoms with Crippen molar-refractivity contribution < 1.29 is 0 Å². The van der Waals surface area contributed by atoms with Crippen LogP contribution in [-0.2, 0) is 5.41 Å². The van der Waals surface area contributed by atoms with Crippen LogP contribution in [0, 0.1) is 0 Å². The summed E-state index contributed by atoms with van der Waals surface area (Å²) in [5.41, 5.74) is 22.4. The quantitative estimate of drug-likeness (QED) is 0.121. The fourth-order valence-corrected chi connectivity index (χ4v) is 16.5. The molecule has 17 rings (SSSR count). The van der Waals surface area contributed by atoms with Gasteiger partial charge < -0.3 is 9.13 Å². The topological polar surface area (TPSA) is 9.86 Å². The zero-order valence-electron chi connectivity index (χ0n) is 46.2. The van der Waals surface area contributed by atoms with Gasteiger partial charge in [0.15, 0.2) is 0 Å². The normalized spacial score (nSPS) is 12.9. The van der Waals surface area contributed by atoms with Gasteiger partial charge in [-0.3, -0.25) is 0 Å². The van der Waals surface area contributed by atoms with E-state index in [1.807, 2.05) is 23.5 Å². The van der Waals surface area contributed by atoms with E-state index in [4.69, 9.17) is 0 Å². The molecule has 5 heteroatoms. The van der Waals surface area contributed by atoms with Gasteiger partial charge in [0, 0.05) is 52.5 Å². The van der Waals surface area contributed by atoms with Crippen LogP contribution in [0.1, 0.15) is 26.3 Å². The van der Waals surface area contributed by atoms with Gasteiger partial charge in [-0.05, 0) is 161 Å². The molecule has 2 aliphatic rings. The van der Waals surface area contributed by atoms with Crippen LogP contribution in [0.2, 0.25) is 0 Å². The van der Waals surface area contributed by atoms with Crippen molar-refractivity contribution in [1.82, 2.24) is 9.13 Å². The van der Waals surface area contributed by atoms with Crippen LogP contribution in [0.15, 0.2) is 287 Å². The molecular weight excluding hydrogens is 1040 g/mol. The molecule has 0 bridgehead atoms. The van der Waals surface area contributed by atoms with Crippen molar-refractivity contribution in [3.05, 3.63) is 272 Å². The van der Waals surface area contributed by atoms with Crippen LogP contribution in [0.4, 0.5) is 0 Å². The number of fused-ring (bicyclic) bond motifs is 12. The molecule has 2 nitrogen and oxygen atoms in total. The molecule has 0 saturated heterocycles. The highest BCUT2D eigenvalue weighted by molar-refractivity contribution is 8.01. The summed E-state index contributed by atoms with van der Waals surface area (Å²) in [5.74, 6) is 0. The maximum Gasteiger partial charge on any atom is 0.247 e. The third-order valence-electron chi connectivity index (χ3n) is 17.7. The monoisotopic (exact) mass is 1090 g/mol. The van der Waals surface area contributed by atoms with Crippen LogP contribution < -0.4 is 16.4 Å². The summed E-state index contributed by atoms with van der Waals surface area (Å²) < 4.78 is 4.93. The van der Waals surface area contributed by atoms with Gasteiger partial charge in [0.2, 0.25) is 6.71 Å². The number of rotatable bonds is 6. The largest absolute Gasteiger partial charge is 0.309 e. The van der Waals surface area contributed by atoms with E-state index in [1.54, 1.807) is 0 Å². The predicted octanol–water partition coefficient (Wildman–Crippen LogP) is 19.6. The second kappa shape index (κ2) is 18.6. The van der Waals surface area contributed by atoms with Gasteiger partial charge in [0.25, 0.3) is 0 Å². The van der Waals surface area contributed by atoms with Crippen molar-refractivity contribution in [2.45, 2.75) is 45.8 Å². The molecule has 0 spiro atoms. The Morgan fingerprint density at radius 3 is 1.12 bits per heavy atom. The SMILES string of the molecule is CC(C)(C)c1cccc(-c2cc(-c3cc4c5c(c3)Sc3cc(-n6c7ccccc7c7ccccc76)ccc3B5c3ccc(-n5c6ccccc6c6ccccc65)cc3S4)cc(-c3c4ccccc4c(-c4ccccc4)c4ccccc34)c2)c1. The van der Waals surface area contributed by atoms with E-state index < -0.39 is 0 Å². The van der Waals surface area contributed by atoms with E-state index in [0.29, 0.717) is 0 Å². The molecule has 0 N–H and O–H groups in total. The molecule has 2 aliphatic heterocycles. The van der Waals surface area contributed by atoms with Crippen molar-refractivity contribution in [3.8, 4) is 55.9 Å². The highest BCUT2D eigenvalue weighted by atomic mass is 32.2. The molecule has 15 aromatic rings. The summed E-state index contributed by atoms with van der Waals surface area (Å²) in [6.45, 7) is 6.99. The van der Waals surface area contributed by atoms with Crippen molar-refractivity contribution in [2.24, 2.45) is 0 Å². The number of hydrogen-bond acceptors (Lipinski definition) is 2. The van der Waals surface area contributed by atoms with E-state index in [0.717, 1.165) is 0 Å². The summed E-state index contributed by atoms with van der Waals surface area (Å²) in [4.78, 5) is 5.20. The number of hydrogen-bond donors (Lipinski definition) is 0. The second-order valence-corrected chi connectivity index (χ2v) is 25.7. The van der Waals surface area contributed by atoms with Gasteiger partial charge in [-0.15, -0.1) is 0 Å². The lowest BCUT2D eigenvalue weighted by molar-refractivity contribution is 0.590. The van der Waals surface area contributed by atoms with E-state index in [9.17, 15) is 0 Å². The molecule has 0 saturated carbocycles. The van der Waals surface area contributed by atoms with Crippen molar-refractivity contribution in [2.75, 3.05) is 0 Å². The summed E-state index contributed by atoms with van der Waals surface area (Å²) in [7, 11) is 0. The maximum absolute atomic E-state index is 2.52. The standard InChI is InChI=1S/C78H53BN2S2/c1-78(2,3)54-23-19-22-49(43-54)50-40-51(42-53(41-50)76-63-30-9-7-28-61(63)75(48-20-5-4-6-21-48)62-29-8-10-31-64(62)76)52-44-73-77-74(45-52)83-72-47-56(81-69-34-17-13-26-59(69)60-27-14-18-35-70(60)81)37-39-66(72)79(77)65-38-36-55(46-71(65)82-73)80-67-32-15-11-24-57(67)58-25-12-16-33-68(58)80/h4-47H,1-3H3. The Bertz CT molecular complexity index is 4860. The summed E-state index contributed by atoms with van der Waals surface area (Å²) >= 11 is 3.88. The summed E-state index contributed by atoms with van der Waals surface area (Å²) in [5, 5.41) is 10.1. The lowest BCUT2D eigenvalue weighted by Gasteiger charge is -2.34. The first-order chi connectivity index (χ1) is 40.8. The fourth-order valence-electron chi connectivity index (χ4n) is 13.9. The molecular formula is C78H53BN2S2.